The number of rotatable bonds is 58. The topological polar surface area (TPSA) is 95.9 Å². The largest absolute Gasteiger partial charge is 0.466 e. The first-order valence-electron chi connectivity index (χ1n) is 30.9. The molecule has 0 aliphatic heterocycles. The predicted octanol–water partition coefficient (Wildman–Crippen LogP) is 19.2. The van der Waals surface area contributed by atoms with Crippen LogP contribution in [0.2, 0.25) is 0 Å². The number of aliphatic hydroxyl groups is 2. The van der Waals surface area contributed by atoms with Crippen LogP contribution in [-0.4, -0.2) is 47.4 Å². The van der Waals surface area contributed by atoms with E-state index in [9.17, 15) is 19.8 Å². The van der Waals surface area contributed by atoms with Crippen LogP contribution in [0.1, 0.15) is 348 Å². The van der Waals surface area contributed by atoms with Crippen molar-refractivity contribution in [2.24, 2.45) is 0 Å². The first-order valence-corrected chi connectivity index (χ1v) is 30.9. The Bertz CT molecular complexity index is 1020. The van der Waals surface area contributed by atoms with Crippen LogP contribution in [0.25, 0.3) is 0 Å². The molecule has 0 radical (unpaired) electrons. The molecule has 0 saturated heterocycles. The molecule has 2 unspecified atom stereocenters. The van der Waals surface area contributed by atoms with Crippen molar-refractivity contribution in [2.45, 2.75) is 360 Å². The van der Waals surface area contributed by atoms with E-state index in [1.54, 1.807) is 0 Å². The molecule has 0 rings (SSSR count). The summed E-state index contributed by atoms with van der Waals surface area (Å²) in [7, 11) is 0. The molecule has 6 heteroatoms. The molecule has 68 heavy (non-hydrogen) atoms. The molecule has 0 aliphatic carbocycles. The lowest BCUT2D eigenvalue weighted by Gasteiger charge is -2.22. The Hall–Kier alpha value is -1.40. The number of carbonyl (C=O) groups is 2. The van der Waals surface area contributed by atoms with Crippen LogP contribution in [0.4, 0.5) is 0 Å². The summed E-state index contributed by atoms with van der Waals surface area (Å²) in [6.45, 7) is 4.96. The molecule has 2 atom stereocenters. The van der Waals surface area contributed by atoms with Gasteiger partial charge in [-0.1, -0.05) is 296 Å². The number of amides is 1. The maximum absolute atomic E-state index is 12.5. The lowest BCUT2D eigenvalue weighted by molar-refractivity contribution is -0.143. The van der Waals surface area contributed by atoms with Crippen molar-refractivity contribution >= 4 is 11.9 Å². The first-order chi connectivity index (χ1) is 33.5. The molecule has 0 heterocycles. The normalized spacial score (nSPS) is 12.6. The maximum atomic E-state index is 12.5. The van der Waals surface area contributed by atoms with Crippen LogP contribution in [-0.2, 0) is 14.3 Å². The molecule has 0 bridgehead atoms. The van der Waals surface area contributed by atoms with E-state index in [-0.39, 0.29) is 18.5 Å². The van der Waals surface area contributed by atoms with E-state index in [1.165, 1.54) is 263 Å². The molecule has 404 valence electrons. The number of allylic oxidation sites excluding steroid dienone is 2. The summed E-state index contributed by atoms with van der Waals surface area (Å²) >= 11 is 0. The Morgan fingerprint density at radius 2 is 0.691 bits per heavy atom. The lowest BCUT2D eigenvalue weighted by Crippen LogP contribution is -2.45. The van der Waals surface area contributed by atoms with Crippen molar-refractivity contribution in [2.75, 3.05) is 13.2 Å². The third-order valence-electron chi connectivity index (χ3n) is 14.6. The second kappa shape index (κ2) is 58.2. The summed E-state index contributed by atoms with van der Waals surface area (Å²) < 4.78 is 5.50. The Balaban J connectivity index is 3.40. The van der Waals surface area contributed by atoms with Crippen molar-refractivity contribution in [3.8, 4) is 0 Å². The number of unbranched alkanes of at least 4 members (excludes halogenated alkanes) is 45. The summed E-state index contributed by atoms with van der Waals surface area (Å²) in [5.41, 5.74) is 0. The summed E-state index contributed by atoms with van der Waals surface area (Å²) in [5.74, 6) is -0.0388. The van der Waals surface area contributed by atoms with Gasteiger partial charge in [-0.25, -0.2) is 0 Å². The average Bonchev–Trinajstić information content (AvgIpc) is 3.34. The van der Waals surface area contributed by atoms with Gasteiger partial charge in [0.05, 0.1) is 25.4 Å². The average molecular weight is 961 g/mol. The zero-order valence-corrected chi connectivity index (χ0v) is 46.1. The van der Waals surface area contributed by atoms with Gasteiger partial charge >= 0.3 is 5.97 Å². The molecule has 0 aliphatic rings. The molecule has 0 saturated carbocycles. The number of nitrogens with one attached hydrogen (secondary N) is 1. The van der Waals surface area contributed by atoms with Crippen molar-refractivity contribution in [1.82, 2.24) is 5.32 Å². The molecular weight excluding hydrogens is 839 g/mol. The smallest absolute Gasteiger partial charge is 0.305 e. The number of hydrogen-bond donors (Lipinski definition) is 3. The fourth-order valence-electron chi connectivity index (χ4n) is 9.81. The van der Waals surface area contributed by atoms with Crippen molar-refractivity contribution < 1.29 is 24.5 Å². The SMILES string of the molecule is CCCCCCCCCCCCCCCCCCCCCC(=O)OCCCCCCCCCCC/C=C\CCCCCCCC(=O)NC(CO)C(O)CCCCCCCCCCCCCCCC. The number of ether oxygens (including phenoxy) is 1. The van der Waals surface area contributed by atoms with Gasteiger partial charge in [0.1, 0.15) is 0 Å². The summed E-state index contributed by atoms with van der Waals surface area (Å²) in [4.78, 5) is 24.6. The quantitative estimate of drug-likeness (QED) is 0.0321. The number of esters is 1. The number of carbonyl (C=O) groups excluding carboxylic acids is 2. The third-order valence-corrected chi connectivity index (χ3v) is 14.6. The van der Waals surface area contributed by atoms with Gasteiger partial charge in [0.15, 0.2) is 0 Å². The Morgan fingerprint density at radius 3 is 1.04 bits per heavy atom. The highest BCUT2D eigenvalue weighted by molar-refractivity contribution is 5.76. The van der Waals surface area contributed by atoms with Crippen molar-refractivity contribution in [1.29, 1.82) is 0 Å². The summed E-state index contributed by atoms with van der Waals surface area (Å²) in [6, 6.07) is -0.550. The number of aliphatic hydroxyl groups excluding tert-OH is 2. The highest BCUT2D eigenvalue weighted by atomic mass is 16.5. The highest BCUT2D eigenvalue weighted by Crippen LogP contribution is 2.18. The van der Waals surface area contributed by atoms with E-state index in [4.69, 9.17) is 4.74 Å². The van der Waals surface area contributed by atoms with Gasteiger partial charge in [-0.3, -0.25) is 9.59 Å². The molecule has 0 spiro atoms. The van der Waals surface area contributed by atoms with Crippen LogP contribution in [0.5, 0.6) is 0 Å². The lowest BCUT2D eigenvalue weighted by atomic mass is 10.0. The number of hydrogen-bond acceptors (Lipinski definition) is 5. The van der Waals surface area contributed by atoms with E-state index in [0.717, 1.165) is 51.4 Å². The minimum Gasteiger partial charge on any atom is -0.466 e. The molecule has 1 amide bonds. The van der Waals surface area contributed by atoms with Crippen LogP contribution >= 0.6 is 0 Å². The Kier molecular flexibility index (Phi) is 57.0. The van der Waals surface area contributed by atoms with E-state index >= 15 is 0 Å². The molecular formula is C62H121NO5. The summed E-state index contributed by atoms with van der Waals surface area (Å²) in [6.07, 6.45) is 69.3. The van der Waals surface area contributed by atoms with Crippen LogP contribution in [0, 0.1) is 0 Å². The van der Waals surface area contributed by atoms with Gasteiger partial charge < -0.3 is 20.3 Å². The minimum atomic E-state index is -0.672. The van der Waals surface area contributed by atoms with Gasteiger partial charge in [0, 0.05) is 12.8 Å². The zero-order valence-electron chi connectivity index (χ0n) is 46.1. The Morgan fingerprint density at radius 1 is 0.397 bits per heavy atom. The van der Waals surface area contributed by atoms with E-state index < -0.39 is 12.1 Å². The van der Waals surface area contributed by atoms with E-state index in [0.29, 0.717) is 25.9 Å². The molecule has 0 aromatic heterocycles. The minimum absolute atomic E-state index is 0.00845. The van der Waals surface area contributed by atoms with Gasteiger partial charge in [-0.2, -0.15) is 0 Å². The Labute approximate surface area is 425 Å². The van der Waals surface area contributed by atoms with Gasteiger partial charge in [-0.05, 0) is 51.4 Å². The highest BCUT2D eigenvalue weighted by Gasteiger charge is 2.20. The second-order valence-electron chi connectivity index (χ2n) is 21.4. The maximum Gasteiger partial charge on any atom is 0.305 e. The van der Waals surface area contributed by atoms with Crippen LogP contribution in [0.3, 0.4) is 0 Å². The summed E-state index contributed by atoms with van der Waals surface area (Å²) in [5, 5.41) is 23.3. The predicted molar refractivity (Wildman–Crippen MR) is 297 cm³/mol. The molecule has 0 aromatic carbocycles. The van der Waals surface area contributed by atoms with Crippen LogP contribution in [0.15, 0.2) is 12.2 Å². The third kappa shape index (κ3) is 53.9. The second-order valence-corrected chi connectivity index (χ2v) is 21.4. The zero-order chi connectivity index (χ0) is 49.3. The first kappa shape index (κ1) is 66.6. The van der Waals surface area contributed by atoms with Crippen molar-refractivity contribution in [3.05, 3.63) is 12.2 Å². The van der Waals surface area contributed by atoms with Gasteiger partial charge in [0.25, 0.3) is 0 Å². The molecule has 0 aromatic rings. The van der Waals surface area contributed by atoms with Gasteiger partial charge in [0.2, 0.25) is 5.91 Å². The van der Waals surface area contributed by atoms with Crippen molar-refractivity contribution in [3.63, 3.8) is 0 Å². The fourth-order valence-corrected chi connectivity index (χ4v) is 9.81. The van der Waals surface area contributed by atoms with E-state index in [2.05, 4.69) is 31.3 Å². The molecule has 3 N–H and O–H groups in total. The fraction of sp³-hybridized carbons (Fsp3) is 0.935. The molecule has 6 nitrogen and oxygen atoms in total. The standard InChI is InChI=1S/C62H121NO5/c1-3-5-7-9-11-13-15-17-19-20-21-25-28-32-36-40-44-48-52-56-62(67)68-57-53-49-45-41-37-33-29-26-23-22-24-27-31-35-39-43-47-51-55-61(66)63-59(58-64)60(65)54-50-46-42-38-34-30-18-16-14-12-10-8-6-4-2/h24,27,59-60,64-65H,3-23,25-26,28-58H2,1-2H3,(H,63,66)/b27-24-. The van der Waals surface area contributed by atoms with E-state index in [1.807, 2.05) is 0 Å². The van der Waals surface area contributed by atoms with Gasteiger partial charge in [-0.15, -0.1) is 0 Å². The monoisotopic (exact) mass is 960 g/mol. The van der Waals surface area contributed by atoms with Crippen LogP contribution < -0.4 is 5.32 Å². The molecule has 0 fully saturated rings.